The summed E-state index contributed by atoms with van der Waals surface area (Å²) in [6.07, 6.45) is 0.508. The third-order valence-corrected chi connectivity index (χ3v) is 4.34. The number of carbonyl (C=O) groups is 2. The zero-order chi connectivity index (χ0) is 13.5. The second-order valence-electron chi connectivity index (χ2n) is 5.51. The zero-order valence-electron chi connectivity index (χ0n) is 10.8. The van der Waals surface area contributed by atoms with Crippen molar-refractivity contribution in [3.8, 4) is 0 Å². The molecule has 4 unspecified atom stereocenters. The topological polar surface area (TPSA) is 92.9 Å². The molecule has 3 N–H and O–H groups in total. The molecule has 0 saturated carbocycles. The highest BCUT2D eigenvalue weighted by atomic mass is 16.5. The van der Waals surface area contributed by atoms with Crippen molar-refractivity contribution >= 4 is 11.9 Å². The van der Waals surface area contributed by atoms with E-state index in [-0.39, 0.29) is 18.0 Å². The molecule has 2 aliphatic heterocycles. The van der Waals surface area contributed by atoms with Crippen LogP contribution in [0.2, 0.25) is 0 Å². The highest BCUT2D eigenvalue weighted by molar-refractivity contribution is 5.85. The van der Waals surface area contributed by atoms with Crippen LogP contribution in [0.1, 0.15) is 20.3 Å². The van der Waals surface area contributed by atoms with Crippen LogP contribution in [0.4, 0.5) is 0 Å². The Bertz CT molecular complexity index is 373. The highest BCUT2D eigenvalue weighted by Gasteiger charge is 2.50. The molecule has 6 nitrogen and oxygen atoms in total. The molecule has 0 bridgehead atoms. The van der Waals surface area contributed by atoms with Crippen molar-refractivity contribution < 1.29 is 19.4 Å². The Labute approximate surface area is 106 Å². The number of aliphatic carboxylic acids is 1. The Balaban J connectivity index is 2.13. The van der Waals surface area contributed by atoms with E-state index >= 15 is 0 Å². The third-order valence-electron chi connectivity index (χ3n) is 4.34. The molecular weight excluding hydrogens is 236 g/mol. The number of carbonyl (C=O) groups excluding carboxylic acids is 1. The van der Waals surface area contributed by atoms with E-state index in [0.717, 1.165) is 0 Å². The summed E-state index contributed by atoms with van der Waals surface area (Å²) >= 11 is 0. The molecule has 0 aromatic heterocycles. The first kappa shape index (κ1) is 13.3. The Kier molecular flexibility index (Phi) is 3.33. The lowest BCUT2D eigenvalue weighted by atomic mass is 9.84. The molecule has 6 heteroatoms. The number of carboxylic acid groups (broad SMARTS) is 1. The molecule has 1 amide bonds. The third kappa shape index (κ3) is 1.89. The summed E-state index contributed by atoms with van der Waals surface area (Å²) in [5.74, 6) is -1.39. The number of rotatable bonds is 2. The van der Waals surface area contributed by atoms with E-state index in [4.69, 9.17) is 15.6 Å². The van der Waals surface area contributed by atoms with E-state index in [2.05, 4.69) is 0 Å². The van der Waals surface area contributed by atoms with Gasteiger partial charge in [0.2, 0.25) is 5.91 Å². The van der Waals surface area contributed by atoms with E-state index in [1.807, 2.05) is 0 Å². The summed E-state index contributed by atoms with van der Waals surface area (Å²) in [5.41, 5.74) is 5.21. The Hall–Kier alpha value is -1.14. The van der Waals surface area contributed by atoms with Gasteiger partial charge in [0.15, 0.2) is 0 Å². The maximum atomic E-state index is 12.5. The van der Waals surface area contributed by atoms with Gasteiger partial charge in [-0.15, -0.1) is 0 Å². The Morgan fingerprint density at radius 1 is 1.50 bits per heavy atom. The van der Waals surface area contributed by atoms with Gasteiger partial charge in [-0.1, -0.05) is 0 Å². The van der Waals surface area contributed by atoms with Crippen molar-refractivity contribution in [1.29, 1.82) is 0 Å². The van der Waals surface area contributed by atoms with Crippen LogP contribution in [0.3, 0.4) is 0 Å². The molecule has 2 saturated heterocycles. The lowest BCUT2D eigenvalue weighted by molar-refractivity contribution is -0.145. The van der Waals surface area contributed by atoms with Crippen LogP contribution in [-0.4, -0.2) is 53.7 Å². The van der Waals surface area contributed by atoms with Crippen LogP contribution in [-0.2, 0) is 14.3 Å². The monoisotopic (exact) mass is 256 g/mol. The highest BCUT2D eigenvalue weighted by Crippen LogP contribution is 2.34. The average Bonchev–Trinajstić information content (AvgIpc) is 2.83. The molecule has 2 heterocycles. The van der Waals surface area contributed by atoms with Crippen molar-refractivity contribution in [2.75, 3.05) is 19.8 Å². The normalized spacial score (nSPS) is 40.2. The summed E-state index contributed by atoms with van der Waals surface area (Å²) in [4.78, 5) is 25.2. The molecular formula is C12H20N2O4. The number of nitrogens with two attached hydrogens (primary N) is 1. The van der Waals surface area contributed by atoms with Crippen LogP contribution in [0, 0.1) is 11.3 Å². The smallest absolute Gasteiger partial charge is 0.308 e. The van der Waals surface area contributed by atoms with Gasteiger partial charge in [-0.2, -0.15) is 0 Å². The Morgan fingerprint density at radius 2 is 2.17 bits per heavy atom. The molecule has 2 aliphatic rings. The van der Waals surface area contributed by atoms with Gasteiger partial charge in [0, 0.05) is 18.6 Å². The molecule has 0 radical (unpaired) electrons. The van der Waals surface area contributed by atoms with Gasteiger partial charge in [-0.05, 0) is 20.3 Å². The van der Waals surface area contributed by atoms with E-state index in [1.54, 1.807) is 18.7 Å². The number of amides is 1. The quantitative estimate of drug-likeness (QED) is 0.706. The molecule has 0 spiro atoms. The average molecular weight is 256 g/mol. The predicted octanol–water partition coefficient (Wildman–Crippen LogP) is -0.328. The molecule has 18 heavy (non-hydrogen) atoms. The predicted molar refractivity (Wildman–Crippen MR) is 63.8 cm³/mol. The Morgan fingerprint density at radius 3 is 2.61 bits per heavy atom. The van der Waals surface area contributed by atoms with Crippen LogP contribution in [0.15, 0.2) is 0 Å². The maximum absolute atomic E-state index is 12.5. The van der Waals surface area contributed by atoms with Gasteiger partial charge >= 0.3 is 5.97 Å². The molecule has 2 rings (SSSR count). The fraction of sp³-hybridized carbons (Fsp3) is 0.833. The van der Waals surface area contributed by atoms with Gasteiger partial charge in [0.1, 0.15) is 0 Å². The van der Waals surface area contributed by atoms with Gasteiger partial charge in [-0.25, -0.2) is 0 Å². The van der Waals surface area contributed by atoms with E-state index in [0.29, 0.717) is 26.2 Å². The van der Waals surface area contributed by atoms with Crippen molar-refractivity contribution in [3.05, 3.63) is 0 Å². The SMILES string of the molecule is CC1C(C(=O)O)CCN1C(=O)C1(C)COCC1N. The first-order valence-corrected chi connectivity index (χ1v) is 6.25. The van der Waals surface area contributed by atoms with Crippen LogP contribution < -0.4 is 5.73 Å². The number of hydrogen-bond acceptors (Lipinski definition) is 4. The molecule has 102 valence electrons. The summed E-state index contributed by atoms with van der Waals surface area (Å²) < 4.78 is 5.27. The minimum absolute atomic E-state index is 0.0799. The largest absolute Gasteiger partial charge is 0.481 e. The van der Waals surface area contributed by atoms with Crippen molar-refractivity contribution in [3.63, 3.8) is 0 Å². The number of ether oxygens (including phenoxy) is 1. The van der Waals surface area contributed by atoms with Crippen molar-refractivity contribution in [2.24, 2.45) is 17.1 Å². The summed E-state index contributed by atoms with van der Waals surface area (Å²) in [5, 5.41) is 9.08. The van der Waals surface area contributed by atoms with Gasteiger partial charge in [0.25, 0.3) is 0 Å². The molecule has 0 aromatic rings. The van der Waals surface area contributed by atoms with Crippen molar-refractivity contribution in [1.82, 2.24) is 4.90 Å². The second-order valence-corrected chi connectivity index (χ2v) is 5.51. The van der Waals surface area contributed by atoms with E-state index in [9.17, 15) is 9.59 Å². The van der Waals surface area contributed by atoms with Crippen LogP contribution >= 0.6 is 0 Å². The maximum Gasteiger partial charge on any atom is 0.308 e. The fourth-order valence-corrected chi connectivity index (χ4v) is 2.79. The second kappa shape index (κ2) is 4.51. The zero-order valence-corrected chi connectivity index (χ0v) is 10.8. The first-order chi connectivity index (χ1) is 8.38. The van der Waals surface area contributed by atoms with Gasteiger partial charge < -0.3 is 20.5 Å². The molecule has 2 fully saturated rings. The van der Waals surface area contributed by atoms with Crippen LogP contribution in [0.25, 0.3) is 0 Å². The van der Waals surface area contributed by atoms with E-state index in [1.165, 1.54) is 0 Å². The fourth-order valence-electron chi connectivity index (χ4n) is 2.79. The van der Waals surface area contributed by atoms with Gasteiger partial charge in [-0.3, -0.25) is 9.59 Å². The van der Waals surface area contributed by atoms with Gasteiger partial charge in [0.05, 0.1) is 24.5 Å². The number of carboxylic acids is 1. The molecule has 4 atom stereocenters. The van der Waals surface area contributed by atoms with Crippen LogP contribution in [0.5, 0.6) is 0 Å². The van der Waals surface area contributed by atoms with Crippen molar-refractivity contribution in [2.45, 2.75) is 32.4 Å². The minimum Gasteiger partial charge on any atom is -0.481 e. The van der Waals surface area contributed by atoms with E-state index < -0.39 is 17.3 Å². The molecule has 0 aliphatic carbocycles. The lowest BCUT2D eigenvalue weighted by Gasteiger charge is -2.33. The minimum atomic E-state index is -0.838. The summed E-state index contributed by atoms with van der Waals surface area (Å²) in [6.45, 7) is 4.77. The number of likely N-dealkylation sites (tertiary alicyclic amines) is 1. The first-order valence-electron chi connectivity index (χ1n) is 6.25. The molecule has 0 aromatic carbocycles. The number of nitrogens with zero attached hydrogens (tertiary/aromatic N) is 1. The lowest BCUT2D eigenvalue weighted by Crippen LogP contribution is -2.53. The number of hydrogen-bond donors (Lipinski definition) is 2. The summed E-state index contributed by atoms with van der Waals surface area (Å²) in [7, 11) is 0. The standard InChI is InChI=1S/C12H20N2O4/c1-7-8(10(15)16)3-4-14(7)11(17)12(2)6-18-5-9(12)13/h7-9H,3-6,13H2,1-2H3,(H,15,16). The summed E-state index contributed by atoms with van der Waals surface area (Å²) in [6, 6.07) is -0.597.